The van der Waals surface area contributed by atoms with Gasteiger partial charge in [0.1, 0.15) is 5.54 Å². The standard InChI is InChI=1S/C15H28N2O4/c1-19-9-10-20-7-2-8-21-13-5-6-15(11-13,14(16)18)17-12-3-4-12/h12-13,17H,2-11H2,1H3,(H2,16,18). The number of nitrogens with one attached hydrogen (secondary N) is 1. The number of carbonyl (C=O) groups excluding carboxylic acids is 1. The van der Waals surface area contributed by atoms with Crippen molar-refractivity contribution in [2.75, 3.05) is 33.5 Å². The van der Waals surface area contributed by atoms with Gasteiger partial charge in [-0.05, 0) is 32.1 Å². The summed E-state index contributed by atoms with van der Waals surface area (Å²) in [5.41, 5.74) is 5.06. The molecule has 0 aromatic rings. The van der Waals surface area contributed by atoms with Crippen LogP contribution in [0.5, 0.6) is 0 Å². The SMILES string of the molecule is COCCOCCCOC1CCC(NC2CC2)(C(N)=O)C1. The number of hydrogen-bond donors (Lipinski definition) is 2. The van der Waals surface area contributed by atoms with E-state index >= 15 is 0 Å². The molecule has 0 spiro atoms. The second-order valence-corrected chi connectivity index (χ2v) is 6.06. The lowest BCUT2D eigenvalue weighted by atomic mass is 9.96. The van der Waals surface area contributed by atoms with E-state index in [4.69, 9.17) is 19.9 Å². The number of rotatable bonds is 11. The Morgan fingerprint density at radius 1 is 1.24 bits per heavy atom. The zero-order valence-electron chi connectivity index (χ0n) is 12.9. The molecular formula is C15H28N2O4. The third kappa shape index (κ3) is 5.21. The van der Waals surface area contributed by atoms with Gasteiger partial charge in [-0.1, -0.05) is 0 Å². The fourth-order valence-corrected chi connectivity index (χ4v) is 2.84. The molecule has 2 atom stereocenters. The van der Waals surface area contributed by atoms with Crippen LogP contribution in [0.25, 0.3) is 0 Å². The summed E-state index contributed by atoms with van der Waals surface area (Å²) in [7, 11) is 1.66. The largest absolute Gasteiger partial charge is 0.382 e. The van der Waals surface area contributed by atoms with Crippen LogP contribution in [0.2, 0.25) is 0 Å². The predicted octanol–water partition coefficient (Wildman–Crippen LogP) is 0.585. The monoisotopic (exact) mass is 300 g/mol. The quantitative estimate of drug-likeness (QED) is 0.546. The number of amides is 1. The second kappa shape index (κ2) is 8.08. The summed E-state index contributed by atoms with van der Waals surface area (Å²) in [5, 5.41) is 3.43. The lowest BCUT2D eigenvalue weighted by molar-refractivity contribution is -0.124. The van der Waals surface area contributed by atoms with Crippen molar-refractivity contribution in [3.8, 4) is 0 Å². The summed E-state index contributed by atoms with van der Waals surface area (Å²) in [6.45, 7) is 2.58. The molecule has 3 N–H and O–H groups in total. The predicted molar refractivity (Wildman–Crippen MR) is 79.0 cm³/mol. The zero-order chi connectivity index (χ0) is 15.1. The summed E-state index contributed by atoms with van der Waals surface area (Å²) in [5.74, 6) is -0.233. The Labute approximate surface area is 126 Å². The van der Waals surface area contributed by atoms with Gasteiger partial charge in [0.25, 0.3) is 0 Å². The molecule has 1 amide bonds. The summed E-state index contributed by atoms with van der Waals surface area (Å²) in [6.07, 6.45) is 5.67. The molecular weight excluding hydrogens is 272 g/mol. The van der Waals surface area contributed by atoms with Crippen molar-refractivity contribution in [2.24, 2.45) is 5.73 Å². The van der Waals surface area contributed by atoms with Crippen LogP contribution in [0, 0.1) is 0 Å². The van der Waals surface area contributed by atoms with Crippen LogP contribution >= 0.6 is 0 Å². The number of carbonyl (C=O) groups is 1. The summed E-state index contributed by atoms with van der Waals surface area (Å²) in [4.78, 5) is 11.8. The first kappa shape index (κ1) is 16.7. The topological polar surface area (TPSA) is 82.8 Å². The molecule has 21 heavy (non-hydrogen) atoms. The Hall–Kier alpha value is -0.690. The highest BCUT2D eigenvalue weighted by atomic mass is 16.5. The van der Waals surface area contributed by atoms with E-state index in [1.165, 1.54) is 0 Å². The Morgan fingerprint density at radius 3 is 2.71 bits per heavy atom. The van der Waals surface area contributed by atoms with Crippen LogP contribution in [-0.2, 0) is 19.0 Å². The fourth-order valence-electron chi connectivity index (χ4n) is 2.84. The summed E-state index contributed by atoms with van der Waals surface area (Å²) >= 11 is 0. The van der Waals surface area contributed by atoms with E-state index < -0.39 is 5.54 Å². The third-order valence-corrected chi connectivity index (χ3v) is 4.22. The Morgan fingerprint density at radius 2 is 2.05 bits per heavy atom. The minimum absolute atomic E-state index is 0.128. The molecule has 6 heteroatoms. The van der Waals surface area contributed by atoms with Crippen molar-refractivity contribution in [3.05, 3.63) is 0 Å². The van der Waals surface area contributed by atoms with Crippen molar-refractivity contribution in [1.29, 1.82) is 0 Å². The van der Waals surface area contributed by atoms with Crippen LogP contribution < -0.4 is 11.1 Å². The summed E-state index contributed by atoms with van der Waals surface area (Å²) in [6, 6.07) is 0.477. The Balaban J connectivity index is 1.61. The fraction of sp³-hybridized carbons (Fsp3) is 0.933. The number of primary amides is 1. The first-order valence-corrected chi connectivity index (χ1v) is 7.92. The summed E-state index contributed by atoms with van der Waals surface area (Å²) < 4.78 is 16.1. The van der Waals surface area contributed by atoms with E-state index in [1.807, 2.05) is 0 Å². The number of ether oxygens (including phenoxy) is 3. The van der Waals surface area contributed by atoms with Gasteiger partial charge in [0, 0.05) is 32.8 Å². The van der Waals surface area contributed by atoms with Crippen molar-refractivity contribution in [1.82, 2.24) is 5.32 Å². The van der Waals surface area contributed by atoms with Gasteiger partial charge >= 0.3 is 0 Å². The lowest BCUT2D eigenvalue weighted by Crippen LogP contribution is -2.54. The molecule has 2 aliphatic rings. The average molecular weight is 300 g/mol. The van der Waals surface area contributed by atoms with E-state index in [0.29, 0.717) is 38.9 Å². The molecule has 0 aromatic carbocycles. The van der Waals surface area contributed by atoms with Crippen LogP contribution in [0.3, 0.4) is 0 Å². The van der Waals surface area contributed by atoms with Crippen molar-refractivity contribution in [3.63, 3.8) is 0 Å². The first-order chi connectivity index (χ1) is 10.2. The maximum absolute atomic E-state index is 11.8. The van der Waals surface area contributed by atoms with E-state index in [1.54, 1.807) is 7.11 Å². The average Bonchev–Trinajstić information content (AvgIpc) is 3.16. The van der Waals surface area contributed by atoms with Crippen molar-refractivity contribution < 1.29 is 19.0 Å². The normalized spacial score (nSPS) is 28.9. The first-order valence-electron chi connectivity index (χ1n) is 7.92. The van der Waals surface area contributed by atoms with Crippen molar-refractivity contribution in [2.45, 2.75) is 56.2 Å². The van der Waals surface area contributed by atoms with E-state index in [9.17, 15) is 4.79 Å². The zero-order valence-corrected chi connectivity index (χ0v) is 12.9. The number of hydrogen-bond acceptors (Lipinski definition) is 5. The van der Waals surface area contributed by atoms with Gasteiger partial charge in [0.15, 0.2) is 0 Å². The molecule has 2 rings (SSSR count). The van der Waals surface area contributed by atoms with Crippen LogP contribution in [0.4, 0.5) is 0 Å². The molecule has 2 unspecified atom stereocenters. The third-order valence-electron chi connectivity index (χ3n) is 4.22. The van der Waals surface area contributed by atoms with Gasteiger partial charge in [-0.25, -0.2) is 0 Å². The highest BCUT2D eigenvalue weighted by Gasteiger charge is 2.47. The van der Waals surface area contributed by atoms with Crippen LogP contribution in [-0.4, -0.2) is 57.1 Å². The minimum atomic E-state index is -0.541. The molecule has 0 heterocycles. The molecule has 0 bridgehead atoms. The van der Waals surface area contributed by atoms with Crippen LogP contribution in [0.1, 0.15) is 38.5 Å². The number of nitrogens with two attached hydrogens (primary N) is 1. The van der Waals surface area contributed by atoms with E-state index in [2.05, 4.69) is 5.32 Å². The molecule has 0 aliphatic heterocycles. The molecule has 6 nitrogen and oxygen atoms in total. The highest BCUT2D eigenvalue weighted by Crippen LogP contribution is 2.35. The molecule has 122 valence electrons. The molecule has 2 saturated carbocycles. The molecule has 0 saturated heterocycles. The second-order valence-electron chi connectivity index (χ2n) is 6.06. The smallest absolute Gasteiger partial charge is 0.237 e. The minimum Gasteiger partial charge on any atom is -0.382 e. The van der Waals surface area contributed by atoms with Gasteiger partial charge in [-0.15, -0.1) is 0 Å². The maximum Gasteiger partial charge on any atom is 0.237 e. The Kier molecular flexibility index (Phi) is 6.41. The molecule has 2 aliphatic carbocycles. The van der Waals surface area contributed by atoms with Gasteiger partial charge in [-0.2, -0.15) is 0 Å². The molecule has 2 fully saturated rings. The van der Waals surface area contributed by atoms with Gasteiger partial charge in [0.05, 0.1) is 19.3 Å². The van der Waals surface area contributed by atoms with Crippen molar-refractivity contribution >= 4 is 5.91 Å². The van der Waals surface area contributed by atoms with E-state index in [-0.39, 0.29) is 12.0 Å². The molecule has 0 radical (unpaired) electrons. The van der Waals surface area contributed by atoms with Gasteiger partial charge < -0.3 is 25.3 Å². The molecule has 0 aromatic heterocycles. The Bertz CT molecular complexity index is 336. The van der Waals surface area contributed by atoms with Crippen LogP contribution in [0.15, 0.2) is 0 Å². The highest BCUT2D eigenvalue weighted by molar-refractivity contribution is 5.85. The number of methoxy groups -OCH3 is 1. The maximum atomic E-state index is 11.8. The van der Waals surface area contributed by atoms with Gasteiger partial charge in [0.2, 0.25) is 5.91 Å². The van der Waals surface area contributed by atoms with E-state index in [0.717, 1.165) is 32.1 Å². The lowest BCUT2D eigenvalue weighted by Gasteiger charge is -2.27. The van der Waals surface area contributed by atoms with Gasteiger partial charge in [-0.3, -0.25) is 4.79 Å².